The SMILES string of the molecule is O=C(O)C[C@H](NC(=O)CNC(=O)COc1cc(C(=O)N2C[C@@H](C(=O)N[C@H]3C[C@@H]3c3ccccc3)[C@H](C(=O)N[C@H]3C[C@@H]3c3ccccc3)C2)ccc1C(=O)N1C[C@@H](C(=O)N[C@H]2C[C@@H]2c2ccccc2)[C@H](C(=O)N[C@H]2C[C@@H]2c2ccccc2)C1)C(=O)O. The van der Waals surface area contributed by atoms with Gasteiger partial charge in [0.2, 0.25) is 29.5 Å². The van der Waals surface area contributed by atoms with Crippen LogP contribution in [0.15, 0.2) is 140 Å². The summed E-state index contributed by atoms with van der Waals surface area (Å²) in [6.07, 6.45) is 1.90. The van der Waals surface area contributed by atoms with E-state index in [0.29, 0.717) is 25.7 Å². The minimum atomic E-state index is -1.78. The van der Waals surface area contributed by atoms with Gasteiger partial charge in [-0.15, -0.1) is 0 Å². The van der Waals surface area contributed by atoms with E-state index in [1.54, 1.807) is 0 Å². The number of aliphatic carboxylic acids is 2. The number of nitrogens with one attached hydrogen (secondary N) is 6. The van der Waals surface area contributed by atoms with E-state index < -0.39 is 96.7 Å². The third kappa shape index (κ3) is 13.7. The van der Waals surface area contributed by atoms with E-state index in [1.807, 2.05) is 127 Å². The molecule has 5 aromatic carbocycles. The Balaban J connectivity index is 0.831. The monoisotopic (exact) mass is 1150 g/mol. The minimum Gasteiger partial charge on any atom is -0.483 e. The Hall–Kier alpha value is -9.40. The lowest BCUT2D eigenvalue weighted by molar-refractivity contribution is -0.147. The highest BCUT2D eigenvalue weighted by Crippen LogP contribution is 2.45. The Kier molecular flexibility index (Phi) is 16.8. The molecule has 21 nitrogen and oxygen atoms in total. The third-order valence-electron chi connectivity index (χ3n) is 17.2. The molecule has 13 atom stereocenters. The van der Waals surface area contributed by atoms with E-state index in [-0.39, 0.29) is 103 Å². The number of carboxylic acid groups (broad SMARTS) is 2. The summed E-state index contributed by atoms with van der Waals surface area (Å²) < 4.78 is 6.01. The number of hydrogen-bond acceptors (Lipinski definition) is 11. The number of carboxylic acids is 2. The Morgan fingerprint density at radius 2 is 0.835 bits per heavy atom. The number of amides is 8. The van der Waals surface area contributed by atoms with Gasteiger partial charge < -0.3 is 56.7 Å². The molecule has 0 aromatic heterocycles. The zero-order chi connectivity index (χ0) is 59.5. The maximum Gasteiger partial charge on any atom is 0.326 e. The molecule has 11 rings (SSSR count). The van der Waals surface area contributed by atoms with Gasteiger partial charge in [-0.25, -0.2) is 4.79 Å². The quantitative estimate of drug-likeness (QED) is 0.0467. The average molecular weight is 1160 g/mol. The van der Waals surface area contributed by atoms with E-state index in [1.165, 1.54) is 28.0 Å². The number of carbonyl (C=O) groups is 10. The normalized spacial score (nSPS) is 26.1. The van der Waals surface area contributed by atoms with Crippen molar-refractivity contribution in [3.63, 3.8) is 0 Å². The van der Waals surface area contributed by atoms with E-state index in [4.69, 9.17) is 9.84 Å². The first kappa shape index (κ1) is 57.4. The Morgan fingerprint density at radius 1 is 0.471 bits per heavy atom. The molecule has 0 bridgehead atoms. The number of carbonyl (C=O) groups excluding carboxylic acids is 8. The van der Waals surface area contributed by atoms with Gasteiger partial charge in [-0.3, -0.25) is 43.2 Å². The molecule has 2 aliphatic heterocycles. The summed E-state index contributed by atoms with van der Waals surface area (Å²) in [6.45, 7) is -2.24. The molecular formula is C64H66N8O13. The van der Waals surface area contributed by atoms with Crippen molar-refractivity contribution in [3.8, 4) is 5.75 Å². The second kappa shape index (κ2) is 24.8. The van der Waals surface area contributed by atoms with Crippen molar-refractivity contribution in [3.05, 3.63) is 173 Å². The molecule has 85 heavy (non-hydrogen) atoms. The van der Waals surface area contributed by atoms with Crippen LogP contribution in [0.5, 0.6) is 5.75 Å². The van der Waals surface area contributed by atoms with Crippen molar-refractivity contribution in [1.82, 2.24) is 41.7 Å². The van der Waals surface area contributed by atoms with Gasteiger partial charge >= 0.3 is 11.9 Å². The highest BCUT2D eigenvalue weighted by atomic mass is 16.5. The summed E-state index contributed by atoms with van der Waals surface area (Å²) in [5.41, 5.74) is 4.10. The molecule has 440 valence electrons. The molecule has 2 saturated heterocycles. The number of ether oxygens (including phenoxy) is 1. The van der Waals surface area contributed by atoms with Gasteiger partial charge in [-0.2, -0.15) is 0 Å². The van der Waals surface area contributed by atoms with Gasteiger partial charge in [-0.1, -0.05) is 121 Å². The van der Waals surface area contributed by atoms with Crippen LogP contribution in [0.2, 0.25) is 0 Å². The topological polar surface area (TPSA) is 299 Å². The molecule has 8 amide bonds. The van der Waals surface area contributed by atoms with E-state index >= 15 is 0 Å². The molecule has 4 saturated carbocycles. The van der Waals surface area contributed by atoms with Crippen molar-refractivity contribution >= 4 is 59.2 Å². The lowest BCUT2D eigenvalue weighted by Gasteiger charge is -2.21. The molecule has 0 unspecified atom stereocenters. The molecule has 2 heterocycles. The molecule has 21 heteroatoms. The molecular weight excluding hydrogens is 1090 g/mol. The molecule has 8 N–H and O–H groups in total. The largest absolute Gasteiger partial charge is 0.483 e. The standard InChI is InChI=1S/C64H66N8O13/c73-55(66-53(64(83)84)28-57(75)76)29-65-56(74)34-85-54-23-39(62(81)71-30-45(58(77)67-49-24-41(49)35-13-5-1-6-14-35)46(31-71)59(78)68-50-25-42(50)36-15-7-2-8-16-36)21-22-40(54)63(82)72-32-47(60(79)69-51-26-43(51)37-17-9-3-10-18-37)48(33-72)61(80)70-52-27-44(52)38-19-11-4-12-20-38/h1-23,41-53H,24-34H2,(H,65,74)(H,66,73)(H,67,77)(H,68,78)(H,69,79)(H,70,80)(H,75,76)(H,83,84)/t41-,42-,43-,44-,45-,46-,47-,48-,49+,50+,51+,52+,53+/m1/s1. The van der Waals surface area contributed by atoms with Crippen LogP contribution < -0.4 is 36.6 Å². The maximum absolute atomic E-state index is 15.0. The van der Waals surface area contributed by atoms with E-state index in [0.717, 1.165) is 22.3 Å². The van der Waals surface area contributed by atoms with Gasteiger partial charge in [-0.05, 0) is 66.1 Å². The van der Waals surface area contributed by atoms with Crippen LogP contribution in [-0.2, 0) is 38.4 Å². The predicted molar refractivity (Wildman–Crippen MR) is 305 cm³/mol. The molecule has 5 aromatic rings. The fourth-order valence-electron chi connectivity index (χ4n) is 12.2. The lowest BCUT2D eigenvalue weighted by Crippen LogP contribution is -2.47. The van der Waals surface area contributed by atoms with Crippen molar-refractivity contribution in [2.24, 2.45) is 23.7 Å². The third-order valence-corrected chi connectivity index (χ3v) is 17.2. The highest BCUT2D eigenvalue weighted by molar-refractivity contribution is 6.02. The van der Waals surface area contributed by atoms with Gasteiger partial charge in [0.05, 0.1) is 42.2 Å². The second-order valence-electron chi connectivity index (χ2n) is 23.2. The van der Waals surface area contributed by atoms with Gasteiger partial charge in [0, 0.05) is 79.6 Å². The summed E-state index contributed by atoms with van der Waals surface area (Å²) >= 11 is 0. The van der Waals surface area contributed by atoms with Crippen LogP contribution in [0.1, 0.15) is 98.7 Å². The van der Waals surface area contributed by atoms with Crippen LogP contribution in [0.25, 0.3) is 0 Å². The van der Waals surface area contributed by atoms with Gasteiger partial charge in [0.1, 0.15) is 11.8 Å². The fourth-order valence-corrected chi connectivity index (χ4v) is 12.2. The number of benzene rings is 5. The number of nitrogens with zero attached hydrogens (tertiary/aromatic N) is 2. The number of rotatable bonds is 23. The molecule has 0 radical (unpaired) electrons. The summed E-state index contributed by atoms with van der Waals surface area (Å²) in [5, 5.41) is 35.4. The smallest absolute Gasteiger partial charge is 0.326 e. The van der Waals surface area contributed by atoms with E-state index in [2.05, 4.69) is 26.6 Å². The summed E-state index contributed by atoms with van der Waals surface area (Å²) in [5.74, 6) is -11.6. The Morgan fingerprint density at radius 3 is 1.19 bits per heavy atom. The summed E-state index contributed by atoms with van der Waals surface area (Å²) in [4.78, 5) is 139. The summed E-state index contributed by atoms with van der Waals surface area (Å²) in [6, 6.07) is 40.6. The summed E-state index contributed by atoms with van der Waals surface area (Å²) in [7, 11) is 0. The predicted octanol–water partition coefficient (Wildman–Crippen LogP) is 3.29. The van der Waals surface area contributed by atoms with Crippen LogP contribution in [0.4, 0.5) is 0 Å². The van der Waals surface area contributed by atoms with Crippen LogP contribution >= 0.6 is 0 Å². The Bertz CT molecular complexity index is 3240. The first-order valence-corrected chi connectivity index (χ1v) is 28.8. The molecule has 4 aliphatic carbocycles. The zero-order valence-electron chi connectivity index (χ0n) is 46.3. The Labute approximate surface area is 489 Å². The zero-order valence-corrected chi connectivity index (χ0v) is 46.3. The minimum absolute atomic E-state index is 0.0342. The first-order valence-electron chi connectivity index (χ1n) is 28.8. The number of hydrogen-bond donors (Lipinski definition) is 8. The fraction of sp³-hybridized carbons (Fsp3) is 0.375. The number of likely N-dealkylation sites (tertiary alicyclic amines) is 2. The van der Waals surface area contributed by atoms with Gasteiger partial charge in [0.15, 0.2) is 6.61 Å². The maximum atomic E-state index is 15.0. The van der Waals surface area contributed by atoms with Crippen LogP contribution in [-0.4, -0.2) is 149 Å². The van der Waals surface area contributed by atoms with Crippen LogP contribution in [0.3, 0.4) is 0 Å². The lowest BCUT2D eigenvalue weighted by atomic mass is 9.94. The van der Waals surface area contributed by atoms with Crippen molar-refractivity contribution in [2.45, 2.75) is 86.0 Å². The first-order chi connectivity index (χ1) is 41.1. The van der Waals surface area contributed by atoms with Crippen molar-refractivity contribution < 1.29 is 62.9 Å². The van der Waals surface area contributed by atoms with Crippen molar-refractivity contribution in [2.75, 3.05) is 39.3 Å². The second-order valence-corrected chi connectivity index (χ2v) is 23.2. The average Bonchev–Trinajstić information content (AvgIpc) is 2.69. The van der Waals surface area contributed by atoms with Crippen LogP contribution in [0, 0.1) is 23.7 Å². The van der Waals surface area contributed by atoms with Gasteiger partial charge in [0.25, 0.3) is 17.7 Å². The van der Waals surface area contributed by atoms with E-state index in [9.17, 15) is 53.1 Å². The molecule has 0 spiro atoms. The molecule has 6 aliphatic rings. The highest BCUT2D eigenvalue weighted by Gasteiger charge is 2.51. The molecule has 6 fully saturated rings. The van der Waals surface area contributed by atoms with Crippen molar-refractivity contribution in [1.29, 1.82) is 0 Å².